The minimum Gasteiger partial charge on any atom is -0.756 e. The number of phosphoric acid groups is 1. The van der Waals surface area contributed by atoms with Crippen molar-refractivity contribution in [2.45, 2.75) is 156 Å². The van der Waals surface area contributed by atoms with Gasteiger partial charge in [0.1, 0.15) is 12.4 Å². The molecule has 1 heterocycles. The summed E-state index contributed by atoms with van der Waals surface area (Å²) in [6, 6.07) is 0. The Hall–Kier alpha value is -0.680. The van der Waals surface area contributed by atoms with E-state index in [1.807, 2.05) is 0 Å². The number of aromatic nitrogens is 2. The Morgan fingerprint density at radius 1 is 0.667 bits per heavy atom. The summed E-state index contributed by atoms with van der Waals surface area (Å²) in [7, 11) is -4.04. The zero-order valence-corrected chi connectivity index (χ0v) is 25.2. The Morgan fingerprint density at radius 2 is 1.11 bits per heavy atom. The molecule has 0 spiro atoms. The van der Waals surface area contributed by atoms with Gasteiger partial charge in [0, 0.05) is 0 Å². The molecule has 0 radical (unpaired) electrons. The molecule has 7 heteroatoms. The highest BCUT2D eigenvalue weighted by atomic mass is 31.2. The smallest absolute Gasteiger partial charge is 0.267 e. The Bertz CT molecular complexity index is 606. The lowest BCUT2D eigenvalue weighted by molar-refractivity contribution is -0.696. The molecule has 36 heavy (non-hydrogen) atoms. The highest BCUT2D eigenvalue weighted by Gasteiger charge is 2.08. The van der Waals surface area contributed by atoms with Gasteiger partial charge in [0.25, 0.3) is 7.82 Å². The summed E-state index contributed by atoms with van der Waals surface area (Å²) >= 11 is 0. The number of hydrogen-bond acceptors (Lipinski definition) is 4. The van der Waals surface area contributed by atoms with Crippen molar-refractivity contribution in [3.63, 3.8) is 0 Å². The van der Waals surface area contributed by atoms with Crippen LogP contribution in [-0.2, 0) is 26.7 Å². The van der Waals surface area contributed by atoms with Crippen LogP contribution in [0.15, 0.2) is 18.7 Å². The van der Waals surface area contributed by atoms with Gasteiger partial charge in [-0.15, -0.1) is 0 Å². The van der Waals surface area contributed by atoms with Crippen LogP contribution in [0.3, 0.4) is 0 Å². The van der Waals surface area contributed by atoms with Gasteiger partial charge >= 0.3 is 0 Å². The maximum atomic E-state index is 11.3. The van der Waals surface area contributed by atoms with Crippen molar-refractivity contribution < 1.29 is 23.1 Å². The fourth-order valence-corrected chi connectivity index (χ4v) is 4.73. The monoisotopic (exact) mass is 530 g/mol. The van der Waals surface area contributed by atoms with Crippen molar-refractivity contribution in [2.24, 2.45) is 0 Å². The van der Waals surface area contributed by atoms with Gasteiger partial charge in [-0.2, -0.15) is 0 Å². The first kappa shape index (κ1) is 35.3. The van der Waals surface area contributed by atoms with E-state index in [-0.39, 0.29) is 13.2 Å². The first-order valence-corrected chi connectivity index (χ1v) is 16.6. The summed E-state index contributed by atoms with van der Waals surface area (Å²) in [4.78, 5) is 11.3. The van der Waals surface area contributed by atoms with Crippen molar-refractivity contribution in [1.82, 2.24) is 4.57 Å². The van der Waals surface area contributed by atoms with Gasteiger partial charge in [-0.3, -0.25) is 4.57 Å². The van der Waals surface area contributed by atoms with E-state index < -0.39 is 7.82 Å². The van der Waals surface area contributed by atoms with E-state index in [1.165, 1.54) is 77.3 Å². The third-order valence-corrected chi connectivity index (χ3v) is 7.28. The SMILES string of the molecule is CCCCCCCC[n+]1ccn(CCCCCC)c1.CCCCCCOP(=O)([O-])OCCCCCC. The Kier molecular flexibility index (Phi) is 25.5. The molecule has 0 saturated heterocycles. The van der Waals surface area contributed by atoms with Gasteiger partial charge < -0.3 is 13.9 Å². The second-order valence-electron chi connectivity index (χ2n) is 9.95. The van der Waals surface area contributed by atoms with E-state index in [0.717, 1.165) is 51.4 Å². The molecule has 0 aromatic carbocycles. The number of phosphoric ester groups is 1. The zero-order chi connectivity index (χ0) is 26.7. The van der Waals surface area contributed by atoms with Crippen molar-refractivity contribution in [3.8, 4) is 0 Å². The highest BCUT2D eigenvalue weighted by molar-refractivity contribution is 7.45. The number of rotatable bonds is 24. The fraction of sp³-hybridized carbons (Fsp3) is 0.897. The van der Waals surface area contributed by atoms with Gasteiger partial charge in [-0.25, -0.2) is 9.13 Å². The maximum Gasteiger partial charge on any atom is 0.267 e. The predicted octanol–water partition coefficient (Wildman–Crippen LogP) is 8.37. The Morgan fingerprint density at radius 3 is 1.64 bits per heavy atom. The largest absolute Gasteiger partial charge is 0.756 e. The van der Waals surface area contributed by atoms with Crippen LogP contribution in [0.4, 0.5) is 0 Å². The Labute approximate surface area is 223 Å². The molecule has 0 N–H and O–H groups in total. The van der Waals surface area contributed by atoms with Crippen LogP contribution in [-0.4, -0.2) is 17.8 Å². The molecular formula is C29H59N2O4P. The summed E-state index contributed by atoms with van der Waals surface area (Å²) in [5.41, 5.74) is 0. The van der Waals surface area contributed by atoms with Crippen LogP contribution in [0.5, 0.6) is 0 Å². The van der Waals surface area contributed by atoms with Gasteiger partial charge in [0.2, 0.25) is 6.33 Å². The summed E-state index contributed by atoms with van der Waals surface area (Å²) in [6.07, 6.45) is 28.5. The summed E-state index contributed by atoms with van der Waals surface area (Å²) in [5, 5.41) is 0. The van der Waals surface area contributed by atoms with E-state index >= 15 is 0 Å². The molecular weight excluding hydrogens is 471 g/mol. The van der Waals surface area contributed by atoms with Crippen molar-refractivity contribution in [1.29, 1.82) is 0 Å². The first-order valence-electron chi connectivity index (χ1n) is 15.1. The minimum atomic E-state index is -4.04. The molecule has 0 atom stereocenters. The molecule has 0 aliphatic rings. The van der Waals surface area contributed by atoms with Crippen molar-refractivity contribution in [2.75, 3.05) is 13.2 Å². The van der Waals surface area contributed by atoms with Crippen LogP contribution >= 0.6 is 7.82 Å². The molecule has 0 aliphatic heterocycles. The number of nitrogens with zero attached hydrogens (tertiary/aromatic N) is 2. The number of unbranched alkanes of at least 4 members (excludes halogenated alkanes) is 14. The first-order chi connectivity index (χ1) is 17.5. The average molecular weight is 531 g/mol. The zero-order valence-electron chi connectivity index (χ0n) is 24.3. The van der Waals surface area contributed by atoms with Crippen LogP contribution in [0.25, 0.3) is 0 Å². The van der Waals surface area contributed by atoms with E-state index in [2.05, 4.69) is 55.6 Å². The van der Waals surface area contributed by atoms with Gasteiger partial charge in [-0.05, 0) is 38.5 Å². The third kappa shape index (κ3) is 23.7. The summed E-state index contributed by atoms with van der Waals surface area (Å²) in [6.45, 7) is 11.6. The minimum absolute atomic E-state index is 0.246. The van der Waals surface area contributed by atoms with Crippen LogP contribution in [0, 0.1) is 0 Å². The van der Waals surface area contributed by atoms with Gasteiger partial charge in [0.15, 0.2) is 0 Å². The topological polar surface area (TPSA) is 67.4 Å². The lowest BCUT2D eigenvalue weighted by Crippen LogP contribution is -2.30. The average Bonchev–Trinajstić information content (AvgIpc) is 3.32. The molecule has 1 aromatic heterocycles. The lowest BCUT2D eigenvalue weighted by Gasteiger charge is -2.22. The van der Waals surface area contributed by atoms with E-state index in [4.69, 9.17) is 9.05 Å². The number of hydrogen-bond donors (Lipinski definition) is 0. The van der Waals surface area contributed by atoms with Crippen LogP contribution < -0.4 is 9.46 Å². The molecule has 0 aliphatic carbocycles. The maximum absolute atomic E-state index is 11.3. The van der Waals surface area contributed by atoms with Crippen molar-refractivity contribution >= 4 is 7.82 Å². The molecule has 0 saturated carbocycles. The second-order valence-corrected chi connectivity index (χ2v) is 11.4. The van der Waals surface area contributed by atoms with E-state index in [0.29, 0.717) is 0 Å². The second kappa shape index (κ2) is 25.9. The molecule has 1 rings (SSSR count). The van der Waals surface area contributed by atoms with Gasteiger partial charge in [0.05, 0.1) is 26.3 Å². The van der Waals surface area contributed by atoms with Crippen LogP contribution in [0.1, 0.15) is 143 Å². The quantitative estimate of drug-likeness (QED) is 0.0765. The molecule has 0 fully saturated rings. The van der Waals surface area contributed by atoms with Crippen LogP contribution in [0.2, 0.25) is 0 Å². The summed E-state index contributed by atoms with van der Waals surface area (Å²) in [5.74, 6) is 0. The number of imidazole rings is 1. The highest BCUT2D eigenvalue weighted by Crippen LogP contribution is 2.38. The van der Waals surface area contributed by atoms with Crippen molar-refractivity contribution in [3.05, 3.63) is 18.7 Å². The molecule has 0 bridgehead atoms. The third-order valence-electron chi connectivity index (χ3n) is 6.28. The normalized spacial score (nSPS) is 11.5. The summed E-state index contributed by atoms with van der Waals surface area (Å²) < 4.78 is 25.5. The predicted molar refractivity (Wildman–Crippen MR) is 150 cm³/mol. The fourth-order valence-electron chi connectivity index (χ4n) is 3.95. The van der Waals surface area contributed by atoms with Gasteiger partial charge in [-0.1, -0.05) is 105 Å². The molecule has 1 aromatic rings. The molecule has 0 amide bonds. The van der Waals surface area contributed by atoms with E-state index in [9.17, 15) is 9.46 Å². The standard InChI is InChI=1S/C17H33N2.C12H27O4P/c1-3-5-7-9-10-12-14-19-16-15-18(17-19)13-11-8-6-4-2;1-3-5-7-9-11-15-17(13,14)16-12-10-8-6-4-2/h15-17H,3-14H2,1-2H3;3-12H2,1-2H3,(H,13,14)/q+1;/p-1. The molecule has 214 valence electrons. The molecule has 6 nitrogen and oxygen atoms in total. The molecule has 0 unspecified atom stereocenters. The Balaban J connectivity index is 0.000000686. The number of aryl methyl sites for hydroxylation is 2. The van der Waals surface area contributed by atoms with E-state index in [1.54, 1.807) is 0 Å². The lowest BCUT2D eigenvalue weighted by atomic mass is 10.1.